The third-order valence-electron chi connectivity index (χ3n) is 4.07. The van der Waals surface area contributed by atoms with E-state index >= 15 is 0 Å². The van der Waals surface area contributed by atoms with Crippen molar-refractivity contribution in [1.82, 2.24) is 25.2 Å². The van der Waals surface area contributed by atoms with Gasteiger partial charge in [-0.3, -0.25) is 9.78 Å². The second kappa shape index (κ2) is 7.01. The number of hydrogen-bond donors (Lipinski definition) is 1. The minimum Gasteiger partial charge on any atom is -0.322 e. The molecule has 7 nitrogen and oxygen atoms in total. The molecule has 1 unspecified atom stereocenters. The number of nitrogens with one attached hydrogen (secondary N) is 1. The Morgan fingerprint density at radius 3 is 2.96 bits per heavy atom. The molecule has 0 radical (unpaired) electrons. The van der Waals surface area contributed by atoms with Crippen LogP contribution in [0.2, 0.25) is 0 Å². The molecule has 0 bridgehead atoms. The van der Waals surface area contributed by atoms with Crippen molar-refractivity contribution in [2.75, 3.05) is 5.32 Å². The first-order valence-electron chi connectivity index (χ1n) is 8.23. The molecule has 0 aliphatic heterocycles. The summed E-state index contributed by atoms with van der Waals surface area (Å²) in [4.78, 5) is 18.6. The molecule has 130 valence electrons. The summed E-state index contributed by atoms with van der Waals surface area (Å²) in [7, 11) is 0. The quantitative estimate of drug-likeness (QED) is 0.585. The Labute approximate surface area is 153 Å². The van der Waals surface area contributed by atoms with Crippen molar-refractivity contribution in [3.8, 4) is 11.4 Å². The number of carbonyl (C=O) groups excluding carboxylic acids is 1. The Morgan fingerprint density at radius 1 is 1.27 bits per heavy atom. The highest BCUT2D eigenvalue weighted by atomic mass is 32.1. The first kappa shape index (κ1) is 16.3. The van der Waals surface area contributed by atoms with Crippen LogP contribution >= 0.6 is 11.3 Å². The van der Waals surface area contributed by atoms with Crippen molar-refractivity contribution in [2.45, 2.75) is 19.4 Å². The smallest absolute Gasteiger partial charge is 0.251 e. The van der Waals surface area contributed by atoms with Gasteiger partial charge in [0, 0.05) is 22.5 Å². The minimum atomic E-state index is -0.547. The Hall–Kier alpha value is -3.13. The van der Waals surface area contributed by atoms with E-state index in [1.807, 2.05) is 54.1 Å². The third-order valence-corrected chi connectivity index (χ3v) is 4.75. The van der Waals surface area contributed by atoms with Crippen LogP contribution in [-0.2, 0) is 4.79 Å². The van der Waals surface area contributed by atoms with Crippen molar-refractivity contribution >= 4 is 33.8 Å². The average molecular weight is 364 g/mol. The molecule has 3 aromatic heterocycles. The molecule has 0 aliphatic carbocycles. The summed E-state index contributed by atoms with van der Waals surface area (Å²) in [5.41, 5.74) is 2.32. The van der Waals surface area contributed by atoms with Crippen LogP contribution in [0.25, 0.3) is 22.3 Å². The second-order valence-corrected chi connectivity index (χ2v) is 6.52. The highest BCUT2D eigenvalue weighted by Crippen LogP contribution is 2.23. The Morgan fingerprint density at radius 2 is 2.15 bits per heavy atom. The summed E-state index contributed by atoms with van der Waals surface area (Å²) in [5.74, 6) is 0.323. The molecule has 4 aromatic rings. The van der Waals surface area contributed by atoms with Gasteiger partial charge in [-0.05, 0) is 35.2 Å². The van der Waals surface area contributed by atoms with Gasteiger partial charge in [0.05, 0.1) is 11.2 Å². The third kappa shape index (κ3) is 3.06. The predicted octanol–water partition coefficient (Wildman–Crippen LogP) is 3.54. The largest absolute Gasteiger partial charge is 0.322 e. The summed E-state index contributed by atoms with van der Waals surface area (Å²) in [6.45, 7) is 1.92. The molecular weight excluding hydrogens is 348 g/mol. The Balaban J connectivity index is 1.60. The van der Waals surface area contributed by atoms with Gasteiger partial charge >= 0.3 is 0 Å². The molecule has 0 spiro atoms. The van der Waals surface area contributed by atoms with E-state index in [2.05, 4.69) is 25.7 Å². The number of carbonyl (C=O) groups is 1. The molecule has 26 heavy (non-hydrogen) atoms. The van der Waals surface area contributed by atoms with Gasteiger partial charge in [-0.15, -0.1) is 10.2 Å². The number of anilines is 1. The molecule has 1 amide bonds. The molecule has 4 rings (SSSR count). The van der Waals surface area contributed by atoms with Gasteiger partial charge in [-0.25, -0.2) is 0 Å². The lowest BCUT2D eigenvalue weighted by atomic mass is 10.1. The number of nitrogens with zero attached hydrogens (tertiary/aromatic N) is 5. The van der Waals surface area contributed by atoms with Gasteiger partial charge < -0.3 is 5.32 Å². The zero-order valence-electron chi connectivity index (χ0n) is 14.0. The van der Waals surface area contributed by atoms with Gasteiger partial charge in [-0.1, -0.05) is 25.1 Å². The fourth-order valence-electron chi connectivity index (χ4n) is 2.74. The van der Waals surface area contributed by atoms with Gasteiger partial charge in [0.2, 0.25) is 5.82 Å². The number of pyridine rings is 1. The average Bonchev–Trinajstić information content (AvgIpc) is 3.34. The van der Waals surface area contributed by atoms with Crippen LogP contribution in [0.1, 0.15) is 19.4 Å². The summed E-state index contributed by atoms with van der Waals surface area (Å²) in [5, 5.41) is 20.3. The van der Waals surface area contributed by atoms with E-state index in [4.69, 9.17) is 0 Å². The summed E-state index contributed by atoms with van der Waals surface area (Å²) < 4.78 is 0. The lowest BCUT2D eigenvalue weighted by Crippen LogP contribution is -2.27. The van der Waals surface area contributed by atoms with Gasteiger partial charge in [0.1, 0.15) is 0 Å². The van der Waals surface area contributed by atoms with Crippen molar-refractivity contribution in [1.29, 1.82) is 0 Å². The predicted molar refractivity (Wildman–Crippen MR) is 101 cm³/mol. The topological polar surface area (TPSA) is 85.6 Å². The molecule has 1 N–H and O–H groups in total. The number of benzene rings is 1. The van der Waals surface area contributed by atoms with Crippen LogP contribution in [0.3, 0.4) is 0 Å². The first-order chi connectivity index (χ1) is 12.8. The number of tetrazole rings is 1. The Kier molecular flexibility index (Phi) is 4.40. The lowest BCUT2D eigenvalue weighted by Gasteiger charge is -2.14. The van der Waals surface area contributed by atoms with Crippen LogP contribution in [0.15, 0.2) is 53.4 Å². The highest BCUT2D eigenvalue weighted by Gasteiger charge is 2.23. The highest BCUT2D eigenvalue weighted by molar-refractivity contribution is 7.08. The van der Waals surface area contributed by atoms with Crippen molar-refractivity contribution in [3.05, 3.63) is 53.4 Å². The number of aromatic nitrogens is 5. The number of rotatable bonds is 5. The standard InChI is InChI=1S/C18H16N6OS/c1-2-15(24-22-17(21-23-24)13-8-10-26-11-13)18(25)20-14-7-3-5-12-6-4-9-19-16(12)14/h3-11,15H,2H2,1H3,(H,20,25). The second-order valence-electron chi connectivity index (χ2n) is 5.74. The summed E-state index contributed by atoms with van der Waals surface area (Å²) >= 11 is 1.56. The monoisotopic (exact) mass is 364 g/mol. The first-order valence-corrected chi connectivity index (χ1v) is 9.17. The molecule has 0 fully saturated rings. The van der Waals surface area contributed by atoms with Crippen molar-refractivity contribution < 1.29 is 4.79 Å². The molecule has 1 atom stereocenters. The van der Waals surface area contributed by atoms with Crippen LogP contribution in [0.4, 0.5) is 5.69 Å². The minimum absolute atomic E-state index is 0.195. The summed E-state index contributed by atoms with van der Waals surface area (Å²) in [6, 6.07) is 10.9. The SMILES string of the molecule is CCC(C(=O)Nc1cccc2cccnc12)n1nnc(-c2ccsc2)n1. The normalized spacial score (nSPS) is 12.2. The molecule has 0 saturated carbocycles. The van der Waals surface area contributed by atoms with Crippen LogP contribution < -0.4 is 5.32 Å². The maximum Gasteiger partial charge on any atom is 0.251 e. The maximum atomic E-state index is 12.8. The van der Waals surface area contributed by atoms with Gasteiger partial charge in [-0.2, -0.15) is 16.1 Å². The van der Waals surface area contributed by atoms with E-state index in [9.17, 15) is 4.79 Å². The van der Waals surface area contributed by atoms with E-state index in [0.717, 1.165) is 16.5 Å². The number of thiophene rings is 1. The van der Waals surface area contributed by atoms with E-state index in [0.29, 0.717) is 17.9 Å². The Bertz CT molecular complexity index is 1040. The van der Waals surface area contributed by atoms with Crippen molar-refractivity contribution in [3.63, 3.8) is 0 Å². The van der Waals surface area contributed by atoms with Crippen LogP contribution in [0, 0.1) is 0 Å². The van der Waals surface area contributed by atoms with Crippen LogP contribution in [0.5, 0.6) is 0 Å². The van der Waals surface area contributed by atoms with Crippen LogP contribution in [-0.4, -0.2) is 31.1 Å². The molecule has 8 heteroatoms. The zero-order valence-corrected chi connectivity index (χ0v) is 14.8. The molecular formula is C18H16N6OS. The van der Waals surface area contributed by atoms with E-state index in [1.54, 1.807) is 17.5 Å². The zero-order chi connectivity index (χ0) is 17.9. The number of amides is 1. The molecule has 1 aromatic carbocycles. The van der Waals surface area contributed by atoms with E-state index < -0.39 is 6.04 Å². The maximum absolute atomic E-state index is 12.8. The fraction of sp³-hybridized carbons (Fsp3) is 0.167. The fourth-order valence-corrected chi connectivity index (χ4v) is 3.37. The number of para-hydroxylation sites is 1. The van der Waals surface area contributed by atoms with Crippen molar-refractivity contribution in [2.24, 2.45) is 0 Å². The van der Waals surface area contributed by atoms with E-state index in [-0.39, 0.29) is 5.91 Å². The number of hydrogen-bond acceptors (Lipinski definition) is 6. The van der Waals surface area contributed by atoms with E-state index in [1.165, 1.54) is 4.80 Å². The van der Waals surface area contributed by atoms with Gasteiger partial charge in [0.15, 0.2) is 6.04 Å². The molecule has 0 saturated heterocycles. The van der Waals surface area contributed by atoms with Gasteiger partial charge in [0.25, 0.3) is 5.91 Å². The number of fused-ring (bicyclic) bond motifs is 1. The summed E-state index contributed by atoms with van der Waals surface area (Å²) in [6.07, 6.45) is 2.25. The lowest BCUT2D eigenvalue weighted by molar-refractivity contribution is -0.119. The molecule has 3 heterocycles. The molecule has 0 aliphatic rings.